The van der Waals surface area contributed by atoms with Crippen molar-refractivity contribution >= 4 is 17.3 Å². The second-order valence-electron chi connectivity index (χ2n) is 5.27. The lowest BCUT2D eigenvalue weighted by molar-refractivity contribution is -0.149. The average Bonchev–Trinajstić information content (AvgIpc) is 2.98. The topological polar surface area (TPSA) is 29.5 Å². The Morgan fingerprint density at radius 3 is 2.67 bits per heavy atom. The molecule has 0 aliphatic rings. The summed E-state index contributed by atoms with van der Waals surface area (Å²) in [6, 6.07) is 13.9. The summed E-state index contributed by atoms with van der Waals surface area (Å²) in [5, 5.41) is 2.07. The second kappa shape index (κ2) is 7.96. The van der Waals surface area contributed by atoms with Gasteiger partial charge in [-0.2, -0.15) is 0 Å². The van der Waals surface area contributed by atoms with E-state index in [1.54, 1.807) is 11.3 Å². The van der Waals surface area contributed by atoms with Crippen LogP contribution in [0.5, 0.6) is 0 Å². The standard InChI is InChI=1S/C17H21NO2S/c1-14(11-18(2)12-16-9-6-10-21-16)17(19)20-13-15-7-4-3-5-8-15/h3-10,14H,11-13H2,1-2H3. The molecule has 0 saturated heterocycles. The zero-order valence-corrected chi connectivity index (χ0v) is 13.3. The van der Waals surface area contributed by atoms with Crippen molar-refractivity contribution in [3.05, 3.63) is 58.3 Å². The third-order valence-corrected chi connectivity index (χ3v) is 4.08. The molecule has 3 nitrogen and oxygen atoms in total. The molecule has 2 rings (SSSR count). The van der Waals surface area contributed by atoms with E-state index >= 15 is 0 Å². The monoisotopic (exact) mass is 303 g/mol. The van der Waals surface area contributed by atoms with Gasteiger partial charge >= 0.3 is 5.97 Å². The van der Waals surface area contributed by atoms with Gasteiger partial charge in [0.15, 0.2) is 0 Å². The smallest absolute Gasteiger partial charge is 0.310 e. The van der Waals surface area contributed by atoms with Crippen molar-refractivity contribution in [2.24, 2.45) is 5.92 Å². The number of carbonyl (C=O) groups excluding carboxylic acids is 1. The summed E-state index contributed by atoms with van der Waals surface area (Å²) in [4.78, 5) is 15.5. The molecule has 1 atom stereocenters. The fraction of sp³-hybridized carbons (Fsp3) is 0.353. The van der Waals surface area contributed by atoms with Crippen LogP contribution < -0.4 is 0 Å². The highest BCUT2D eigenvalue weighted by atomic mass is 32.1. The Balaban J connectivity index is 1.74. The SMILES string of the molecule is CC(CN(C)Cc1cccs1)C(=O)OCc1ccccc1. The van der Waals surface area contributed by atoms with Crippen molar-refractivity contribution in [1.82, 2.24) is 4.90 Å². The van der Waals surface area contributed by atoms with Crippen LogP contribution in [0.3, 0.4) is 0 Å². The molecule has 2 aromatic rings. The molecule has 0 amide bonds. The number of esters is 1. The van der Waals surface area contributed by atoms with Crippen molar-refractivity contribution in [2.75, 3.05) is 13.6 Å². The summed E-state index contributed by atoms with van der Waals surface area (Å²) < 4.78 is 5.36. The number of rotatable bonds is 7. The maximum atomic E-state index is 12.0. The number of thiophene rings is 1. The molecule has 0 radical (unpaired) electrons. The maximum absolute atomic E-state index is 12.0. The van der Waals surface area contributed by atoms with Crippen LogP contribution in [0.4, 0.5) is 0 Å². The third-order valence-electron chi connectivity index (χ3n) is 3.22. The number of benzene rings is 1. The van der Waals surface area contributed by atoms with Crippen molar-refractivity contribution in [1.29, 1.82) is 0 Å². The van der Waals surface area contributed by atoms with Gasteiger partial charge in [0.1, 0.15) is 6.61 Å². The van der Waals surface area contributed by atoms with Gasteiger partial charge in [0.05, 0.1) is 5.92 Å². The summed E-state index contributed by atoms with van der Waals surface area (Å²) in [7, 11) is 2.03. The molecule has 0 saturated carbocycles. The first-order chi connectivity index (χ1) is 10.1. The molecule has 1 unspecified atom stereocenters. The summed E-state index contributed by atoms with van der Waals surface area (Å²) in [5.74, 6) is -0.268. The molecule has 0 aliphatic heterocycles. The molecule has 0 N–H and O–H groups in total. The van der Waals surface area contributed by atoms with Gasteiger partial charge in [-0.05, 0) is 24.1 Å². The molecule has 21 heavy (non-hydrogen) atoms. The summed E-state index contributed by atoms with van der Waals surface area (Å²) >= 11 is 1.74. The molecule has 1 aromatic carbocycles. The van der Waals surface area contributed by atoms with Crippen LogP contribution >= 0.6 is 11.3 Å². The quantitative estimate of drug-likeness (QED) is 0.733. The summed E-state index contributed by atoms with van der Waals surface area (Å²) in [6.07, 6.45) is 0. The fourth-order valence-electron chi connectivity index (χ4n) is 2.15. The van der Waals surface area contributed by atoms with Crippen molar-refractivity contribution < 1.29 is 9.53 Å². The number of carbonyl (C=O) groups is 1. The van der Waals surface area contributed by atoms with Crippen LogP contribution in [0, 0.1) is 5.92 Å². The molecule has 4 heteroatoms. The van der Waals surface area contributed by atoms with E-state index in [-0.39, 0.29) is 11.9 Å². The number of hydrogen-bond acceptors (Lipinski definition) is 4. The van der Waals surface area contributed by atoms with E-state index in [4.69, 9.17) is 4.74 Å². The first kappa shape index (κ1) is 15.7. The number of ether oxygens (including phenoxy) is 1. The second-order valence-corrected chi connectivity index (χ2v) is 6.30. The Morgan fingerprint density at radius 1 is 1.24 bits per heavy atom. The Hall–Kier alpha value is -1.65. The number of nitrogens with zero attached hydrogens (tertiary/aromatic N) is 1. The van der Waals surface area contributed by atoms with Crippen LogP contribution in [0.2, 0.25) is 0 Å². The van der Waals surface area contributed by atoms with Gasteiger partial charge in [-0.25, -0.2) is 0 Å². The minimum Gasteiger partial charge on any atom is -0.461 e. The van der Waals surface area contributed by atoms with Crippen LogP contribution in [-0.2, 0) is 22.7 Å². The van der Waals surface area contributed by atoms with Crippen molar-refractivity contribution in [2.45, 2.75) is 20.1 Å². The minimum atomic E-state index is -0.142. The Bertz CT molecular complexity index is 539. The summed E-state index contributed by atoms with van der Waals surface area (Å²) in [5.41, 5.74) is 1.02. The molecule has 0 spiro atoms. The lowest BCUT2D eigenvalue weighted by Gasteiger charge is -2.19. The van der Waals surface area contributed by atoms with Gasteiger partial charge < -0.3 is 9.64 Å². The van der Waals surface area contributed by atoms with Gasteiger partial charge in [-0.1, -0.05) is 43.3 Å². The zero-order valence-electron chi connectivity index (χ0n) is 12.5. The molecule has 0 fully saturated rings. The largest absolute Gasteiger partial charge is 0.461 e. The highest BCUT2D eigenvalue weighted by Gasteiger charge is 2.17. The Morgan fingerprint density at radius 2 is 2.00 bits per heavy atom. The van der Waals surface area contributed by atoms with Gasteiger partial charge in [-0.15, -0.1) is 11.3 Å². The van der Waals surface area contributed by atoms with Crippen molar-refractivity contribution in [3.8, 4) is 0 Å². The average molecular weight is 303 g/mol. The van der Waals surface area contributed by atoms with Crippen LogP contribution in [-0.4, -0.2) is 24.5 Å². The molecule has 1 heterocycles. The zero-order chi connectivity index (χ0) is 15.1. The van der Waals surface area contributed by atoms with Gasteiger partial charge in [0.2, 0.25) is 0 Å². The molecule has 0 bridgehead atoms. The normalized spacial score (nSPS) is 12.3. The van der Waals surface area contributed by atoms with Gasteiger partial charge in [-0.3, -0.25) is 4.79 Å². The molecule has 112 valence electrons. The highest BCUT2D eigenvalue weighted by Crippen LogP contribution is 2.12. The van der Waals surface area contributed by atoms with E-state index in [1.807, 2.05) is 50.4 Å². The predicted octanol–water partition coefficient (Wildman–Crippen LogP) is 3.56. The lowest BCUT2D eigenvalue weighted by Crippen LogP contribution is -2.29. The highest BCUT2D eigenvalue weighted by molar-refractivity contribution is 7.09. The van der Waals surface area contributed by atoms with Gasteiger partial charge in [0.25, 0.3) is 0 Å². The first-order valence-corrected chi connectivity index (χ1v) is 7.94. The molecule has 0 aliphatic carbocycles. The van der Waals surface area contributed by atoms with E-state index < -0.39 is 0 Å². The Labute approximate surface area is 130 Å². The van der Waals surface area contributed by atoms with Crippen LogP contribution in [0.1, 0.15) is 17.4 Å². The van der Waals surface area contributed by atoms with Gasteiger partial charge in [0, 0.05) is 18.0 Å². The molecular formula is C17H21NO2S. The van der Waals surface area contributed by atoms with Crippen LogP contribution in [0.25, 0.3) is 0 Å². The predicted molar refractivity (Wildman–Crippen MR) is 86.1 cm³/mol. The first-order valence-electron chi connectivity index (χ1n) is 7.06. The molecule has 1 aromatic heterocycles. The van der Waals surface area contributed by atoms with Crippen molar-refractivity contribution in [3.63, 3.8) is 0 Å². The fourth-order valence-corrected chi connectivity index (χ4v) is 2.93. The molecular weight excluding hydrogens is 282 g/mol. The number of hydrogen-bond donors (Lipinski definition) is 0. The third kappa shape index (κ3) is 5.33. The lowest BCUT2D eigenvalue weighted by atomic mass is 10.1. The van der Waals surface area contributed by atoms with E-state index in [9.17, 15) is 4.79 Å². The Kier molecular flexibility index (Phi) is 5.96. The minimum absolute atomic E-state index is 0.126. The van der Waals surface area contributed by atoms with E-state index in [0.717, 1.165) is 12.1 Å². The van der Waals surface area contributed by atoms with Crippen LogP contribution in [0.15, 0.2) is 47.8 Å². The van der Waals surface area contributed by atoms with E-state index in [2.05, 4.69) is 16.3 Å². The van der Waals surface area contributed by atoms with E-state index in [1.165, 1.54) is 4.88 Å². The summed E-state index contributed by atoms with van der Waals surface area (Å²) in [6.45, 7) is 3.83. The van der Waals surface area contributed by atoms with E-state index in [0.29, 0.717) is 13.2 Å². The maximum Gasteiger partial charge on any atom is 0.310 e.